The number of hydrogen-bond acceptors (Lipinski definition) is 3. The minimum Gasteiger partial charge on any atom is -0.490 e. The molecule has 0 amide bonds. The van der Waals surface area contributed by atoms with Crippen molar-refractivity contribution in [1.29, 1.82) is 0 Å². The minimum absolute atomic E-state index is 0.101. The maximum absolute atomic E-state index is 11.2. The van der Waals surface area contributed by atoms with Gasteiger partial charge in [0.1, 0.15) is 0 Å². The number of ether oxygens (including phenoxy) is 1. The lowest BCUT2D eigenvalue weighted by Gasteiger charge is -2.10. The Labute approximate surface area is 87.8 Å². The summed E-state index contributed by atoms with van der Waals surface area (Å²) in [5, 5.41) is 0.291. The minimum atomic E-state index is -0.101. The second-order valence-electron chi connectivity index (χ2n) is 2.83. The van der Waals surface area contributed by atoms with E-state index in [0.29, 0.717) is 28.6 Å². The van der Waals surface area contributed by atoms with Crippen molar-refractivity contribution in [3.8, 4) is 5.75 Å². The molecule has 0 aliphatic heterocycles. The molecule has 0 unspecified atom stereocenters. The molecule has 14 heavy (non-hydrogen) atoms. The van der Waals surface area contributed by atoms with Gasteiger partial charge in [-0.2, -0.15) is 0 Å². The first kappa shape index (κ1) is 10.9. The van der Waals surface area contributed by atoms with E-state index in [9.17, 15) is 4.79 Å². The molecule has 1 aromatic rings. The number of carbonyl (C=O) groups excluding carboxylic acids is 1. The number of halogens is 1. The number of ketones is 1. The summed E-state index contributed by atoms with van der Waals surface area (Å²) < 4.78 is 5.25. The molecule has 4 heteroatoms. The van der Waals surface area contributed by atoms with E-state index in [1.165, 1.54) is 6.92 Å². The maximum atomic E-state index is 11.2. The summed E-state index contributed by atoms with van der Waals surface area (Å²) in [5.41, 5.74) is 6.54. The van der Waals surface area contributed by atoms with Gasteiger partial charge in [-0.3, -0.25) is 4.79 Å². The summed E-state index contributed by atoms with van der Waals surface area (Å²) >= 11 is 5.96. The highest BCUT2D eigenvalue weighted by molar-refractivity contribution is 6.35. The zero-order valence-corrected chi connectivity index (χ0v) is 8.89. The monoisotopic (exact) mass is 213 g/mol. The summed E-state index contributed by atoms with van der Waals surface area (Å²) in [5.74, 6) is 0.290. The number of carbonyl (C=O) groups is 1. The highest BCUT2D eigenvalue weighted by atomic mass is 35.5. The Morgan fingerprint density at radius 1 is 1.57 bits per heavy atom. The Morgan fingerprint density at radius 3 is 2.71 bits per heavy atom. The summed E-state index contributed by atoms with van der Waals surface area (Å²) in [6.45, 7) is 3.74. The molecule has 0 aliphatic rings. The van der Waals surface area contributed by atoms with E-state index in [0.717, 1.165) is 0 Å². The largest absolute Gasteiger partial charge is 0.490 e. The molecule has 0 bridgehead atoms. The molecule has 0 atom stereocenters. The topological polar surface area (TPSA) is 52.3 Å². The molecule has 1 aromatic carbocycles. The van der Waals surface area contributed by atoms with Gasteiger partial charge in [-0.05, 0) is 26.0 Å². The summed E-state index contributed by atoms with van der Waals surface area (Å²) in [6, 6.07) is 3.22. The van der Waals surface area contributed by atoms with Crippen molar-refractivity contribution < 1.29 is 9.53 Å². The molecule has 0 aliphatic carbocycles. The first-order valence-corrected chi connectivity index (χ1v) is 4.67. The Morgan fingerprint density at radius 2 is 2.21 bits per heavy atom. The van der Waals surface area contributed by atoms with E-state index in [1.807, 2.05) is 6.92 Å². The van der Waals surface area contributed by atoms with Crippen LogP contribution < -0.4 is 10.5 Å². The number of benzene rings is 1. The highest BCUT2D eigenvalue weighted by Crippen LogP contribution is 2.34. The number of hydrogen-bond donors (Lipinski definition) is 1. The molecule has 1 rings (SSSR count). The maximum Gasteiger partial charge on any atom is 0.161 e. The number of anilines is 1. The third-order valence-corrected chi connectivity index (χ3v) is 2.17. The fourth-order valence-corrected chi connectivity index (χ4v) is 1.49. The van der Waals surface area contributed by atoms with E-state index in [2.05, 4.69) is 0 Å². The van der Waals surface area contributed by atoms with Crippen LogP contribution in [0.15, 0.2) is 12.1 Å². The van der Waals surface area contributed by atoms with Crippen LogP contribution in [0.2, 0.25) is 5.02 Å². The second kappa shape index (κ2) is 4.33. The summed E-state index contributed by atoms with van der Waals surface area (Å²) in [7, 11) is 0. The van der Waals surface area contributed by atoms with Crippen LogP contribution in [0.25, 0.3) is 0 Å². The molecule has 0 heterocycles. The Balaban J connectivity index is 3.26. The number of Topliss-reactive ketones (excluding diaryl/α,β-unsaturated/α-hetero) is 1. The van der Waals surface area contributed by atoms with Crippen LogP contribution in [0.5, 0.6) is 5.75 Å². The van der Waals surface area contributed by atoms with Crippen molar-refractivity contribution in [1.82, 2.24) is 0 Å². The van der Waals surface area contributed by atoms with Gasteiger partial charge in [-0.15, -0.1) is 0 Å². The molecule has 0 radical (unpaired) electrons. The predicted octanol–water partition coefficient (Wildman–Crippen LogP) is 2.52. The quantitative estimate of drug-likeness (QED) is 0.620. The summed E-state index contributed by atoms with van der Waals surface area (Å²) in [6.07, 6.45) is 0. The van der Waals surface area contributed by atoms with Crippen molar-refractivity contribution in [3.05, 3.63) is 22.7 Å². The molecular formula is C10H12ClNO2. The average Bonchev–Trinajstić information content (AvgIpc) is 2.11. The van der Waals surface area contributed by atoms with Gasteiger partial charge in [-0.25, -0.2) is 0 Å². The van der Waals surface area contributed by atoms with Crippen molar-refractivity contribution in [2.75, 3.05) is 12.3 Å². The van der Waals surface area contributed by atoms with Crippen LogP contribution in [-0.4, -0.2) is 12.4 Å². The summed E-state index contributed by atoms with van der Waals surface area (Å²) in [4.78, 5) is 11.2. The first-order chi connectivity index (χ1) is 6.57. The van der Waals surface area contributed by atoms with Crippen LogP contribution in [-0.2, 0) is 0 Å². The predicted molar refractivity (Wildman–Crippen MR) is 57.0 cm³/mol. The van der Waals surface area contributed by atoms with Crippen LogP contribution in [0, 0.1) is 0 Å². The molecule has 3 nitrogen and oxygen atoms in total. The smallest absolute Gasteiger partial charge is 0.161 e. The fourth-order valence-electron chi connectivity index (χ4n) is 1.13. The molecule has 0 spiro atoms. The van der Waals surface area contributed by atoms with Crippen molar-refractivity contribution in [3.63, 3.8) is 0 Å². The second-order valence-corrected chi connectivity index (χ2v) is 3.21. The lowest BCUT2D eigenvalue weighted by atomic mass is 10.1. The van der Waals surface area contributed by atoms with E-state index < -0.39 is 0 Å². The number of nitrogen functional groups attached to an aromatic ring is 1. The third-order valence-electron chi connectivity index (χ3n) is 1.80. The van der Waals surface area contributed by atoms with Gasteiger partial charge in [0.25, 0.3) is 0 Å². The molecular weight excluding hydrogens is 202 g/mol. The molecule has 76 valence electrons. The van der Waals surface area contributed by atoms with Gasteiger partial charge >= 0.3 is 0 Å². The van der Waals surface area contributed by atoms with E-state index in [1.54, 1.807) is 12.1 Å². The standard InChI is InChI=1S/C10H12ClNO2/c1-3-14-10-8(12)5-4-7(6(2)13)9(10)11/h4-5H,3,12H2,1-2H3. The van der Waals surface area contributed by atoms with Gasteiger partial charge in [0.15, 0.2) is 11.5 Å². The van der Waals surface area contributed by atoms with Gasteiger partial charge in [0.2, 0.25) is 0 Å². The van der Waals surface area contributed by atoms with Crippen LogP contribution >= 0.6 is 11.6 Å². The normalized spacial score (nSPS) is 9.93. The van der Waals surface area contributed by atoms with Gasteiger partial charge in [0.05, 0.1) is 17.3 Å². The third kappa shape index (κ3) is 1.99. The SMILES string of the molecule is CCOc1c(N)ccc(C(C)=O)c1Cl. The Kier molecular flexibility index (Phi) is 3.36. The van der Waals surface area contributed by atoms with Crippen molar-refractivity contribution in [2.24, 2.45) is 0 Å². The van der Waals surface area contributed by atoms with Crippen molar-refractivity contribution in [2.45, 2.75) is 13.8 Å². The van der Waals surface area contributed by atoms with Crippen molar-refractivity contribution >= 4 is 23.1 Å². The van der Waals surface area contributed by atoms with E-state index in [4.69, 9.17) is 22.1 Å². The van der Waals surface area contributed by atoms with E-state index in [-0.39, 0.29) is 5.78 Å². The molecule has 0 aromatic heterocycles. The fraction of sp³-hybridized carbons (Fsp3) is 0.300. The van der Waals surface area contributed by atoms with Crippen LogP contribution in [0.3, 0.4) is 0 Å². The van der Waals surface area contributed by atoms with Gasteiger partial charge in [0, 0.05) is 5.56 Å². The molecule has 2 N–H and O–H groups in total. The average molecular weight is 214 g/mol. The Hall–Kier alpha value is -1.22. The molecule has 0 saturated carbocycles. The molecule has 0 fully saturated rings. The van der Waals surface area contributed by atoms with E-state index >= 15 is 0 Å². The highest BCUT2D eigenvalue weighted by Gasteiger charge is 2.13. The lowest BCUT2D eigenvalue weighted by molar-refractivity contribution is 0.101. The van der Waals surface area contributed by atoms with Crippen LogP contribution in [0.1, 0.15) is 24.2 Å². The van der Waals surface area contributed by atoms with Gasteiger partial charge in [-0.1, -0.05) is 11.6 Å². The number of rotatable bonds is 3. The van der Waals surface area contributed by atoms with Crippen LogP contribution in [0.4, 0.5) is 5.69 Å². The zero-order valence-electron chi connectivity index (χ0n) is 8.13. The molecule has 0 saturated heterocycles. The number of nitrogens with two attached hydrogens (primary N) is 1. The Bertz CT molecular complexity index is 363. The first-order valence-electron chi connectivity index (χ1n) is 4.29. The van der Waals surface area contributed by atoms with Gasteiger partial charge < -0.3 is 10.5 Å². The lowest BCUT2D eigenvalue weighted by Crippen LogP contribution is -2.01. The zero-order chi connectivity index (χ0) is 10.7.